The summed E-state index contributed by atoms with van der Waals surface area (Å²) in [7, 11) is 0. The number of fused-ring (bicyclic) bond motifs is 1. The summed E-state index contributed by atoms with van der Waals surface area (Å²) in [5.74, 6) is 0.0922. The van der Waals surface area contributed by atoms with Crippen LogP contribution in [0.2, 0.25) is 0 Å². The lowest BCUT2D eigenvalue weighted by Gasteiger charge is -2.05. The molecule has 0 fully saturated rings. The molecule has 0 atom stereocenters. The van der Waals surface area contributed by atoms with E-state index in [1.54, 1.807) is 6.07 Å². The Balaban J connectivity index is 2.50. The van der Waals surface area contributed by atoms with E-state index < -0.39 is 6.29 Å². The molecule has 0 saturated carbocycles. The van der Waals surface area contributed by atoms with Gasteiger partial charge in [0.25, 0.3) is 0 Å². The smallest absolute Gasteiger partial charge is 0.395 e. The number of ether oxygens (including phenoxy) is 2. The maximum Gasteiger partial charge on any atom is 0.586 e. The van der Waals surface area contributed by atoms with Gasteiger partial charge < -0.3 is 9.47 Å². The fourth-order valence-corrected chi connectivity index (χ4v) is 1.86. The molecule has 0 bridgehead atoms. The molecule has 1 aliphatic heterocycles. The zero-order valence-corrected chi connectivity index (χ0v) is 9.03. The largest absolute Gasteiger partial charge is 0.586 e. The molecule has 0 saturated heterocycles. The Labute approximate surface area is 91.9 Å². The summed E-state index contributed by atoms with van der Waals surface area (Å²) >= 11 is 8.73. The molecule has 76 valence electrons. The van der Waals surface area contributed by atoms with Crippen LogP contribution in [0.5, 0.6) is 11.5 Å². The number of hydrogen-bond acceptors (Lipinski definition) is 2. The van der Waals surface area contributed by atoms with Crippen molar-refractivity contribution in [2.75, 3.05) is 0 Å². The van der Waals surface area contributed by atoms with Gasteiger partial charge in [0.15, 0.2) is 11.5 Å². The molecule has 1 aliphatic rings. The van der Waals surface area contributed by atoms with E-state index in [0.717, 1.165) is 0 Å². The van der Waals surface area contributed by atoms with Gasteiger partial charge in [-0.05, 0) is 12.1 Å². The Morgan fingerprint density at radius 1 is 1.36 bits per heavy atom. The first-order valence-electron chi connectivity index (χ1n) is 3.66. The van der Waals surface area contributed by atoms with E-state index in [4.69, 9.17) is 11.6 Å². The molecule has 2 rings (SSSR count). The van der Waals surface area contributed by atoms with Gasteiger partial charge in [-0.1, -0.05) is 15.9 Å². The van der Waals surface area contributed by atoms with Gasteiger partial charge in [0, 0.05) is 10.0 Å². The van der Waals surface area contributed by atoms with E-state index in [1.165, 1.54) is 6.07 Å². The van der Waals surface area contributed by atoms with Crippen molar-refractivity contribution >= 4 is 27.5 Å². The van der Waals surface area contributed by atoms with Crippen molar-refractivity contribution in [2.24, 2.45) is 0 Å². The molecule has 0 aliphatic carbocycles. The summed E-state index contributed by atoms with van der Waals surface area (Å²) in [4.78, 5) is 0. The Kier molecular flexibility index (Phi) is 2.31. The van der Waals surface area contributed by atoms with Crippen molar-refractivity contribution in [3.05, 3.63) is 22.2 Å². The van der Waals surface area contributed by atoms with Crippen LogP contribution in [-0.4, -0.2) is 6.29 Å². The first-order valence-corrected chi connectivity index (χ1v) is 4.99. The molecule has 14 heavy (non-hydrogen) atoms. The third kappa shape index (κ3) is 1.66. The van der Waals surface area contributed by atoms with Gasteiger partial charge in [-0.2, -0.15) is 0 Å². The van der Waals surface area contributed by atoms with E-state index in [2.05, 4.69) is 25.4 Å². The van der Waals surface area contributed by atoms with Crippen LogP contribution < -0.4 is 9.47 Å². The van der Waals surface area contributed by atoms with Crippen molar-refractivity contribution in [1.29, 1.82) is 0 Å². The topological polar surface area (TPSA) is 18.5 Å². The minimum atomic E-state index is -3.59. The lowest BCUT2D eigenvalue weighted by Crippen LogP contribution is -2.26. The Morgan fingerprint density at radius 3 is 2.71 bits per heavy atom. The van der Waals surface area contributed by atoms with Gasteiger partial charge in [0.05, 0.1) is 5.88 Å². The molecule has 6 heteroatoms. The lowest BCUT2D eigenvalue weighted by molar-refractivity contribution is -0.286. The first-order chi connectivity index (χ1) is 6.52. The zero-order chi connectivity index (χ0) is 10.3. The third-order valence-electron chi connectivity index (χ3n) is 1.69. The summed E-state index contributed by atoms with van der Waals surface area (Å²) in [5.41, 5.74) is 0.466. The molecule has 1 heterocycles. The SMILES string of the molecule is FC1(F)Oc2cc(Br)cc(CCl)c2O1. The molecular weight excluding hydrogens is 281 g/mol. The van der Waals surface area contributed by atoms with Crippen LogP contribution in [0.4, 0.5) is 8.78 Å². The van der Waals surface area contributed by atoms with Crippen molar-refractivity contribution in [3.8, 4) is 11.5 Å². The molecule has 0 aromatic heterocycles. The van der Waals surface area contributed by atoms with Crippen LogP contribution in [0.25, 0.3) is 0 Å². The predicted octanol–water partition coefficient (Wildman–Crippen LogP) is 3.51. The molecule has 0 amide bonds. The van der Waals surface area contributed by atoms with Crippen molar-refractivity contribution in [3.63, 3.8) is 0 Å². The molecule has 2 nitrogen and oxygen atoms in total. The van der Waals surface area contributed by atoms with E-state index in [9.17, 15) is 8.78 Å². The van der Waals surface area contributed by atoms with Gasteiger partial charge in [0.2, 0.25) is 0 Å². The van der Waals surface area contributed by atoms with Gasteiger partial charge in [-0.3, -0.25) is 0 Å². The molecule has 1 aromatic rings. The zero-order valence-electron chi connectivity index (χ0n) is 6.69. The normalized spacial score (nSPS) is 17.1. The van der Waals surface area contributed by atoms with Crippen molar-refractivity contribution in [1.82, 2.24) is 0 Å². The van der Waals surface area contributed by atoms with Crippen LogP contribution in [0.3, 0.4) is 0 Å². The maximum absolute atomic E-state index is 12.7. The van der Waals surface area contributed by atoms with Gasteiger partial charge in [-0.15, -0.1) is 20.4 Å². The van der Waals surface area contributed by atoms with Gasteiger partial charge in [0.1, 0.15) is 0 Å². The third-order valence-corrected chi connectivity index (χ3v) is 2.44. The fraction of sp³-hybridized carbons (Fsp3) is 0.250. The highest BCUT2D eigenvalue weighted by molar-refractivity contribution is 9.10. The summed E-state index contributed by atoms with van der Waals surface area (Å²) in [5, 5.41) is 0. The summed E-state index contributed by atoms with van der Waals surface area (Å²) in [6, 6.07) is 3.02. The lowest BCUT2D eigenvalue weighted by atomic mass is 10.2. The highest BCUT2D eigenvalue weighted by Crippen LogP contribution is 2.45. The van der Waals surface area contributed by atoms with Crippen molar-refractivity contribution in [2.45, 2.75) is 12.2 Å². The first kappa shape index (κ1) is 9.98. The van der Waals surface area contributed by atoms with E-state index in [0.29, 0.717) is 10.0 Å². The number of benzene rings is 1. The maximum atomic E-state index is 12.7. The highest BCUT2D eigenvalue weighted by atomic mass is 79.9. The van der Waals surface area contributed by atoms with Gasteiger partial charge >= 0.3 is 6.29 Å². The number of hydrogen-bond donors (Lipinski definition) is 0. The standard InChI is InChI=1S/C8H4BrClF2O2/c9-5-1-4(3-10)7-6(2-5)13-8(11,12)14-7/h1-2H,3H2. The second kappa shape index (κ2) is 3.24. The number of alkyl halides is 3. The van der Waals surface area contributed by atoms with Gasteiger partial charge in [-0.25, -0.2) is 0 Å². The predicted molar refractivity (Wildman–Crippen MR) is 49.9 cm³/mol. The molecule has 1 aromatic carbocycles. The van der Waals surface area contributed by atoms with Crippen LogP contribution in [0.1, 0.15) is 5.56 Å². The Morgan fingerprint density at radius 2 is 2.07 bits per heavy atom. The monoisotopic (exact) mass is 284 g/mol. The molecule has 0 unspecified atom stereocenters. The fourth-order valence-electron chi connectivity index (χ4n) is 1.18. The quantitative estimate of drug-likeness (QED) is 0.735. The van der Waals surface area contributed by atoms with Crippen LogP contribution in [0, 0.1) is 0 Å². The summed E-state index contributed by atoms with van der Waals surface area (Å²) in [6.45, 7) is 0. The highest BCUT2D eigenvalue weighted by Gasteiger charge is 2.44. The molecule has 0 spiro atoms. The number of rotatable bonds is 1. The van der Waals surface area contributed by atoms with E-state index >= 15 is 0 Å². The van der Waals surface area contributed by atoms with Crippen molar-refractivity contribution < 1.29 is 18.3 Å². The molecule has 0 radical (unpaired) electrons. The Hall–Kier alpha value is -0.550. The van der Waals surface area contributed by atoms with E-state index in [-0.39, 0.29) is 17.4 Å². The van der Waals surface area contributed by atoms with Crippen LogP contribution in [0.15, 0.2) is 16.6 Å². The average molecular weight is 285 g/mol. The van der Waals surface area contributed by atoms with Crippen LogP contribution in [-0.2, 0) is 5.88 Å². The second-order valence-corrected chi connectivity index (χ2v) is 3.88. The molecular formula is C8H4BrClF2O2. The summed E-state index contributed by atoms with van der Waals surface area (Å²) < 4.78 is 34.6. The minimum absolute atomic E-state index is 0.0000231. The van der Waals surface area contributed by atoms with Crippen LogP contribution >= 0.6 is 27.5 Å². The molecule has 0 N–H and O–H groups in total. The minimum Gasteiger partial charge on any atom is -0.395 e. The summed E-state index contributed by atoms with van der Waals surface area (Å²) in [6.07, 6.45) is -3.59. The van der Waals surface area contributed by atoms with E-state index in [1.807, 2.05) is 0 Å². The Bertz CT molecular complexity index is 384. The number of halogens is 4. The second-order valence-electron chi connectivity index (χ2n) is 2.69. The average Bonchev–Trinajstić information content (AvgIpc) is 2.37.